The minimum absolute atomic E-state index is 0.0689. The van der Waals surface area contributed by atoms with Gasteiger partial charge < -0.3 is 9.84 Å². The van der Waals surface area contributed by atoms with E-state index in [1.807, 2.05) is 0 Å². The number of ether oxygens (including phenoxy) is 1. The number of halogens is 2. The first kappa shape index (κ1) is 14.7. The van der Waals surface area contributed by atoms with E-state index in [9.17, 15) is 18.7 Å². The molecule has 3 nitrogen and oxygen atoms in total. The zero-order valence-electron chi connectivity index (χ0n) is 11.1. The molecule has 0 unspecified atom stereocenters. The Balaban J connectivity index is 2.38. The fraction of sp³-hybridized carbons (Fsp3) is 0.0625. The molecule has 0 radical (unpaired) electrons. The lowest BCUT2D eigenvalue weighted by molar-refractivity contribution is 0.112. The molecule has 0 saturated heterocycles. The Morgan fingerprint density at radius 3 is 2.10 bits per heavy atom. The molecule has 21 heavy (non-hydrogen) atoms. The van der Waals surface area contributed by atoms with Crippen LogP contribution in [0.1, 0.15) is 21.5 Å². The molecular formula is C16H12F2O3. The summed E-state index contributed by atoms with van der Waals surface area (Å²) in [5, 5.41) is 9.69. The van der Waals surface area contributed by atoms with Gasteiger partial charge in [-0.05, 0) is 35.4 Å². The third-order valence-electron chi connectivity index (χ3n) is 2.83. The monoisotopic (exact) mass is 290 g/mol. The van der Waals surface area contributed by atoms with Crippen molar-refractivity contribution < 1.29 is 23.4 Å². The van der Waals surface area contributed by atoms with Gasteiger partial charge in [0.25, 0.3) is 0 Å². The molecule has 0 bridgehead atoms. The zero-order valence-corrected chi connectivity index (χ0v) is 11.1. The minimum atomic E-state index is -0.675. The number of rotatable bonds is 4. The molecule has 0 fully saturated rings. The molecule has 0 aliphatic rings. The SMILES string of the molecule is COc1cc(/C=C/c2cc(F)cc(F)c2)cc(C=O)c1O. The van der Waals surface area contributed by atoms with Crippen LogP contribution in [0.15, 0.2) is 30.3 Å². The number of aldehydes is 1. The summed E-state index contributed by atoms with van der Waals surface area (Å²) < 4.78 is 31.1. The summed E-state index contributed by atoms with van der Waals surface area (Å²) in [4.78, 5) is 10.9. The molecule has 0 saturated carbocycles. The summed E-state index contributed by atoms with van der Waals surface area (Å²) >= 11 is 0. The van der Waals surface area contributed by atoms with Gasteiger partial charge in [-0.3, -0.25) is 4.79 Å². The standard InChI is InChI=1S/C16H12F2O3/c1-21-15-7-10(4-12(9-19)16(15)20)2-3-11-5-13(17)8-14(18)6-11/h2-9,20H,1H3/b3-2+. The van der Waals surface area contributed by atoms with Gasteiger partial charge in [0.1, 0.15) is 11.6 Å². The third-order valence-corrected chi connectivity index (χ3v) is 2.83. The molecule has 2 aromatic carbocycles. The van der Waals surface area contributed by atoms with Crippen molar-refractivity contribution in [1.82, 2.24) is 0 Å². The third kappa shape index (κ3) is 3.45. The van der Waals surface area contributed by atoms with E-state index in [0.29, 0.717) is 17.4 Å². The normalized spacial score (nSPS) is 10.8. The van der Waals surface area contributed by atoms with Crippen molar-refractivity contribution >= 4 is 18.4 Å². The highest BCUT2D eigenvalue weighted by molar-refractivity contribution is 5.84. The van der Waals surface area contributed by atoms with Gasteiger partial charge >= 0.3 is 0 Å². The van der Waals surface area contributed by atoms with Gasteiger partial charge in [0.2, 0.25) is 0 Å². The van der Waals surface area contributed by atoms with Gasteiger partial charge in [-0.2, -0.15) is 0 Å². The lowest BCUT2D eigenvalue weighted by Crippen LogP contribution is -1.90. The molecule has 0 atom stereocenters. The highest BCUT2D eigenvalue weighted by Crippen LogP contribution is 2.31. The molecule has 0 aromatic heterocycles. The summed E-state index contributed by atoms with van der Waals surface area (Å²) in [7, 11) is 1.36. The Morgan fingerprint density at radius 1 is 1.00 bits per heavy atom. The Bertz CT molecular complexity index is 689. The summed E-state index contributed by atoms with van der Waals surface area (Å²) in [5.74, 6) is -1.45. The maximum absolute atomic E-state index is 13.1. The molecule has 0 spiro atoms. The lowest BCUT2D eigenvalue weighted by atomic mass is 10.1. The molecule has 0 heterocycles. The molecule has 2 aromatic rings. The first-order valence-electron chi connectivity index (χ1n) is 6.04. The molecule has 1 N–H and O–H groups in total. The fourth-order valence-corrected chi connectivity index (χ4v) is 1.86. The quantitative estimate of drug-likeness (QED) is 0.690. The van der Waals surface area contributed by atoms with E-state index in [2.05, 4.69) is 0 Å². The van der Waals surface area contributed by atoms with Gasteiger partial charge in [-0.1, -0.05) is 12.2 Å². The lowest BCUT2D eigenvalue weighted by Gasteiger charge is -2.06. The Kier molecular flexibility index (Phi) is 4.33. The minimum Gasteiger partial charge on any atom is -0.504 e. The largest absolute Gasteiger partial charge is 0.504 e. The van der Waals surface area contributed by atoms with E-state index >= 15 is 0 Å². The summed E-state index contributed by atoms with van der Waals surface area (Å²) in [5.41, 5.74) is 0.961. The maximum Gasteiger partial charge on any atom is 0.168 e. The molecule has 0 aliphatic heterocycles. The van der Waals surface area contributed by atoms with Gasteiger partial charge in [0.05, 0.1) is 12.7 Å². The Labute approximate surface area is 120 Å². The number of aromatic hydroxyl groups is 1. The van der Waals surface area contributed by atoms with Crippen molar-refractivity contribution in [3.05, 3.63) is 58.7 Å². The van der Waals surface area contributed by atoms with Gasteiger partial charge in [-0.15, -0.1) is 0 Å². The first-order chi connectivity index (χ1) is 10.0. The van der Waals surface area contributed by atoms with Crippen molar-refractivity contribution in [3.63, 3.8) is 0 Å². The zero-order chi connectivity index (χ0) is 15.4. The highest BCUT2D eigenvalue weighted by atomic mass is 19.1. The number of phenolic OH excluding ortho intramolecular Hbond substituents is 1. The van der Waals surface area contributed by atoms with Crippen LogP contribution in [0.4, 0.5) is 8.78 Å². The average molecular weight is 290 g/mol. The van der Waals surface area contributed by atoms with Crippen LogP contribution < -0.4 is 4.74 Å². The van der Waals surface area contributed by atoms with Crippen molar-refractivity contribution in [3.8, 4) is 11.5 Å². The number of hydrogen-bond acceptors (Lipinski definition) is 3. The van der Waals surface area contributed by atoms with Crippen LogP contribution in [0, 0.1) is 11.6 Å². The van der Waals surface area contributed by atoms with Crippen LogP contribution in [-0.2, 0) is 0 Å². The van der Waals surface area contributed by atoms with Crippen LogP contribution in [0.5, 0.6) is 11.5 Å². The van der Waals surface area contributed by atoms with Gasteiger partial charge in [0.15, 0.2) is 17.8 Å². The van der Waals surface area contributed by atoms with Crippen molar-refractivity contribution in [2.45, 2.75) is 0 Å². The van der Waals surface area contributed by atoms with E-state index in [1.54, 1.807) is 6.08 Å². The Hall–Kier alpha value is -2.69. The van der Waals surface area contributed by atoms with E-state index in [-0.39, 0.29) is 17.1 Å². The smallest absolute Gasteiger partial charge is 0.168 e. The van der Waals surface area contributed by atoms with Crippen molar-refractivity contribution in [1.29, 1.82) is 0 Å². The maximum atomic E-state index is 13.1. The first-order valence-corrected chi connectivity index (χ1v) is 6.04. The van der Waals surface area contributed by atoms with Crippen LogP contribution >= 0.6 is 0 Å². The van der Waals surface area contributed by atoms with Gasteiger partial charge in [-0.25, -0.2) is 8.78 Å². The molecule has 108 valence electrons. The highest BCUT2D eigenvalue weighted by Gasteiger charge is 2.08. The summed E-state index contributed by atoms with van der Waals surface area (Å²) in [6, 6.07) is 6.09. The predicted molar refractivity (Wildman–Crippen MR) is 75.3 cm³/mol. The summed E-state index contributed by atoms with van der Waals surface area (Å²) in [6.07, 6.45) is 3.55. The van der Waals surface area contributed by atoms with E-state index in [0.717, 1.165) is 6.07 Å². The van der Waals surface area contributed by atoms with Crippen molar-refractivity contribution in [2.75, 3.05) is 7.11 Å². The second kappa shape index (κ2) is 6.17. The van der Waals surface area contributed by atoms with Crippen molar-refractivity contribution in [2.24, 2.45) is 0 Å². The van der Waals surface area contributed by atoms with E-state index in [1.165, 1.54) is 37.5 Å². The number of phenols is 1. The molecule has 0 amide bonds. The number of carbonyl (C=O) groups excluding carboxylic acids is 1. The fourth-order valence-electron chi connectivity index (χ4n) is 1.86. The number of benzene rings is 2. The number of methoxy groups -OCH3 is 1. The second-order valence-corrected chi connectivity index (χ2v) is 4.31. The topological polar surface area (TPSA) is 46.5 Å². The van der Waals surface area contributed by atoms with E-state index < -0.39 is 11.6 Å². The van der Waals surface area contributed by atoms with E-state index in [4.69, 9.17) is 4.74 Å². The predicted octanol–water partition coefficient (Wildman–Crippen LogP) is 3.66. The van der Waals surface area contributed by atoms with Crippen LogP contribution in [0.3, 0.4) is 0 Å². The molecule has 0 aliphatic carbocycles. The van der Waals surface area contributed by atoms with Gasteiger partial charge in [0, 0.05) is 6.07 Å². The summed E-state index contributed by atoms with van der Waals surface area (Å²) in [6.45, 7) is 0. The Morgan fingerprint density at radius 2 is 1.57 bits per heavy atom. The molecular weight excluding hydrogens is 278 g/mol. The second-order valence-electron chi connectivity index (χ2n) is 4.31. The number of hydrogen-bond donors (Lipinski definition) is 1. The average Bonchev–Trinajstić information content (AvgIpc) is 2.45. The molecule has 5 heteroatoms. The van der Waals surface area contributed by atoms with Crippen LogP contribution in [0.25, 0.3) is 12.2 Å². The molecule has 2 rings (SSSR count). The van der Waals surface area contributed by atoms with Crippen LogP contribution in [-0.4, -0.2) is 18.5 Å². The van der Waals surface area contributed by atoms with Crippen LogP contribution in [0.2, 0.25) is 0 Å². The number of carbonyl (C=O) groups is 1.